The maximum atomic E-state index is 10.7. The highest BCUT2D eigenvalue weighted by Crippen LogP contribution is 2.12. The topological polar surface area (TPSA) is 94.8 Å². The lowest BCUT2D eigenvalue weighted by molar-refractivity contribution is 0.0200. The van der Waals surface area contributed by atoms with E-state index >= 15 is 0 Å². The fourth-order valence-electron chi connectivity index (χ4n) is 1.93. The van der Waals surface area contributed by atoms with Crippen molar-refractivity contribution in [1.82, 2.24) is 0 Å². The molecule has 136 valence electrons. The molecule has 0 radical (unpaired) electrons. The molecule has 0 unspecified atom stereocenters. The number of aryl methyl sites for hydroxylation is 1. The smallest absolute Gasteiger partial charge is 0.150 e. The van der Waals surface area contributed by atoms with E-state index in [-0.39, 0.29) is 19.8 Å². The van der Waals surface area contributed by atoms with Crippen molar-refractivity contribution in [2.45, 2.75) is 46.0 Å². The van der Waals surface area contributed by atoms with Crippen molar-refractivity contribution in [2.75, 3.05) is 19.8 Å². The van der Waals surface area contributed by atoms with Crippen LogP contribution in [0.5, 0.6) is 0 Å². The van der Waals surface area contributed by atoms with E-state index in [4.69, 9.17) is 15.3 Å². The zero-order chi connectivity index (χ0) is 18.4. The Bertz CT molecular complexity index is 446. The highest BCUT2D eigenvalue weighted by molar-refractivity contribution is 5.82. The van der Waals surface area contributed by atoms with E-state index in [0.717, 1.165) is 31.0 Å². The minimum Gasteiger partial charge on any atom is -0.396 e. The van der Waals surface area contributed by atoms with Gasteiger partial charge in [-0.2, -0.15) is 0 Å². The van der Waals surface area contributed by atoms with Crippen molar-refractivity contribution < 1.29 is 24.9 Å². The van der Waals surface area contributed by atoms with Gasteiger partial charge in [0.2, 0.25) is 0 Å². The van der Waals surface area contributed by atoms with Gasteiger partial charge in [0.25, 0.3) is 0 Å². The van der Waals surface area contributed by atoms with Crippen molar-refractivity contribution in [3.8, 4) is 0 Å². The predicted octanol–water partition coefficient (Wildman–Crippen LogP) is 2.40. The molecule has 5 heteroatoms. The molecule has 0 fully saturated rings. The summed E-state index contributed by atoms with van der Waals surface area (Å²) in [6.45, 7) is 3.24. The van der Waals surface area contributed by atoms with E-state index < -0.39 is 5.41 Å². The highest BCUT2D eigenvalue weighted by atomic mass is 16.3. The average Bonchev–Trinajstić information content (AvgIpc) is 2.64. The van der Waals surface area contributed by atoms with Gasteiger partial charge in [0.1, 0.15) is 12.6 Å². The van der Waals surface area contributed by atoms with Crippen LogP contribution in [-0.2, 0) is 6.42 Å². The summed E-state index contributed by atoms with van der Waals surface area (Å²) < 4.78 is 0. The Balaban J connectivity index is 0.000000561. The molecule has 1 rings (SSSR count). The van der Waals surface area contributed by atoms with E-state index in [0.29, 0.717) is 11.1 Å². The number of hydrogen-bond donors (Lipinski definition) is 3. The molecule has 0 bridgehead atoms. The molecule has 0 aliphatic carbocycles. The molecule has 0 saturated carbocycles. The third-order valence-corrected chi connectivity index (χ3v) is 3.77. The van der Waals surface area contributed by atoms with E-state index in [1.54, 1.807) is 13.0 Å². The van der Waals surface area contributed by atoms with Crippen LogP contribution in [0, 0.1) is 5.41 Å². The summed E-state index contributed by atoms with van der Waals surface area (Å²) in [6, 6.07) is 5.35. The standard InChI is InChI=1S/C14H18O2.C5H12O3/c1-2-3-4-5-6-12-7-13(10-15)9-14(8-12)11-16;1-5(2-6,3-7)4-8/h7-11H,2-6H2,1H3;6-8H,2-4H2,1H3. The first-order chi connectivity index (χ1) is 11.5. The molecule has 0 aliphatic heterocycles. The van der Waals surface area contributed by atoms with Gasteiger partial charge in [-0.3, -0.25) is 9.59 Å². The SMILES string of the molecule is CC(CO)(CO)CO.CCCCCCc1cc(C=O)cc(C=O)c1. The van der Waals surface area contributed by atoms with E-state index in [2.05, 4.69) is 6.92 Å². The average molecular weight is 338 g/mol. The van der Waals surface area contributed by atoms with Gasteiger partial charge in [-0.05, 0) is 36.6 Å². The Hall–Kier alpha value is -1.56. The maximum absolute atomic E-state index is 10.7. The summed E-state index contributed by atoms with van der Waals surface area (Å²) in [5.41, 5.74) is 1.56. The summed E-state index contributed by atoms with van der Waals surface area (Å²) in [4.78, 5) is 21.4. The first kappa shape index (κ1) is 22.4. The minimum absolute atomic E-state index is 0.181. The molecular weight excluding hydrogens is 308 g/mol. The summed E-state index contributed by atoms with van der Waals surface area (Å²) in [5.74, 6) is 0. The van der Waals surface area contributed by atoms with Gasteiger partial charge in [0.05, 0.1) is 19.8 Å². The van der Waals surface area contributed by atoms with Crippen LogP contribution in [-0.4, -0.2) is 47.7 Å². The first-order valence-electron chi connectivity index (χ1n) is 8.35. The normalized spacial score (nSPS) is 10.7. The van der Waals surface area contributed by atoms with Gasteiger partial charge >= 0.3 is 0 Å². The third-order valence-electron chi connectivity index (χ3n) is 3.77. The number of carbonyl (C=O) groups excluding carboxylic acids is 2. The van der Waals surface area contributed by atoms with Gasteiger partial charge < -0.3 is 15.3 Å². The Morgan fingerprint density at radius 3 is 1.71 bits per heavy atom. The molecule has 3 N–H and O–H groups in total. The number of benzene rings is 1. The van der Waals surface area contributed by atoms with Crippen LogP contribution in [0.1, 0.15) is 65.8 Å². The second-order valence-corrected chi connectivity index (χ2v) is 6.34. The number of hydrogen-bond acceptors (Lipinski definition) is 5. The largest absolute Gasteiger partial charge is 0.396 e. The number of carbonyl (C=O) groups is 2. The second-order valence-electron chi connectivity index (χ2n) is 6.34. The van der Waals surface area contributed by atoms with Gasteiger partial charge in [0, 0.05) is 16.5 Å². The van der Waals surface area contributed by atoms with Gasteiger partial charge in [-0.15, -0.1) is 0 Å². The fourth-order valence-corrected chi connectivity index (χ4v) is 1.93. The lowest BCUT2D eigenvalue weighted by Gasteiger charge is -2.20. The molecular formula is C19H30O5. The molecule has 0 atom stereocenters. The molecule has 0 aromatic heterocycles. The molecule has 0 amide bonds. The molecule has 1 aromatic carbocycles. The number of rotatable bonds is 10. The van der Waals surface area contributed by atoms with E-state index in [1.807, 2.05) is 12.1 Å². The number of aliphatic hydroxyl groups excluding tert-OH is 3. The summed E-state index contributed by atoms with van der Waals surface area (Å²) in [5, 5.41) is 25.4. The Morgan fingerprint density at radius 1 is 0.875 bits per heavy atom. The molecule has 24 heavy (non-hydrogen) atoms. The van der Waals surface area contributed by atoms with Crippen molar-refractivity contribution in [1.29, 1.82) is 0 Å². The molecule has 1 aromatic rings. The Morgan fingerprint density at radius 2 is 1.38 bits per heavy atom. The second kappa shape index (κ2) is 12.8. The number of aliphatic hydroxyl groups is 3. The fraction of sp³-hybridized carbons (Fsp3) is 0.579. The molecule has 0 heterocycles. The lowest BCUT2D eigenvalue weighted by Crippen LogP contribution is -2.29. The zero-order valence-electron chi connectivity index (χ0n) is 14.7. The maximum Gasteiger partial charge on any atom is 0.150 e. The van der Waals surface area contributed by atoms with Crippen molar-refractivity contribution in [3.05, 3.63) is 34.9 Å². The highest BCUT2D eigenvalue weighted by Gasteiger charge is 2.20. The number of unbranched alkanes of at least 4 members (excludes halogenated alkanes) is 3. The molecule has 5 nitrogen and oxygen atoms in total. The summed E-state index contributed by atoms with van der Waals surface area (Å²) in [6.07, 6.45) is 7.32. The van der Waals surface area contributed by atoms with Crippen LogP contribution in [0.4, 0.5) is 0 Å². The van der Waals surface area contributed by atoms with Crippen LogP contribution < -0.4 is 0 Å². The Kier molecular flexibility index (Phi) is 12.0. The van der Waals surface area contributed by atoms with Crippen LogP contribution in [0.15, 0.2) is 18.2 Å². The van der Waals surface area contributed by atoms with E-state index in [1.165, 1.54) is 19.3 Å². The predicted molar refractivity (Wildman–Crippen MR) is 94.4 cm³/mol. The molecule has 0 aliphatic rings. The zero-order valence-corrected chi connectivity index (χ0v) is 14.7. The van der Waals surface area contributed by atoms with Crippen LogP contribution in [0.25, 0.3) is 0 Å². The van der Waals surface area contributed by atoms with Gasteiger partial charge in [-0.25, -0.2) is 0 Å². The molecule has 0 spiro atoms. The lowest BCUT2D eigenvalue weighted by atomic mass is 9.95. The monoisotopic (exact) mass is 338 g/mol. The van der Waals surface area contributed by atoms with Gasteiger partial charge in [0.15, 0.2) is 0 Å². The van der Waals surface area contributed by atoms with Crippen molar-refractivity contribution in [3.63, 3.8) is 0 Å². The summed E-state index contributed by atoms with van der Waals surface area (Å²) in [7, 11) is 0. The van der Waals surface area contributed by atoms with Crippen LogP contribution in [0.2, 0.25) is 0 Å². The van der Waals surface area contributed by atoms with Crippen LogP contribution >= 0.6 is 0 Å². The number of aldehydes is 2. The van der Waals surface area contributed by atoms with E-state index in [9.17, 15) is 9.59 Å². The van der Waals surface area contributed by atoms with Crippen molar-refractivity contribution >= 4 is 12.6 Å². The van der Waals surface area contributed by atoms with Gasteiger partial charge in [-0.1, -0.05) is 33.1 Å². The van der Waals surface area contributed by atoms with Crippen LogP contribution in [0.3, 0.4) is 0 Å². The molecule has 0 saturated heterocycles. The summed E-state index contributed by atoms with van der Waals surface area (Å²) >= 11 is 0. The Labute approximate surface area is 144 Å². The quantitative estimate of drug-likeness (QED) is 0.450. The third kappa shape index (κ3) is 8.91. The van der Waals surface area contributed by atoms with Crippen molar-refractivity contribution in [2.24, 2.45) is 5.41 Å². The minimum atomic E-state index is -0.708. The first-order valence-corrected chi connectivity index (χ1v) is 8.35.